The molecule has 1 heterocycles. The number of benzene rings is 3. The summed E-state index contributed by atoms with van der Waals surface area (Å²) in [5, 5.41) is 1.05. The van der Waals surface area contributed by atoms with E-state index in [1.165, 1.54) is 16.0 Å². The lowest BCUT2D eigenvalue weighted by atomic mass is 9.75. The molecule has 1 aliphatic carbocycles. The summed E-state index contributed by atoms with van der Waals surface area (Å²) in [6, 6.07) is 19.7. The number of amides is 2. The largest absolute Gasteiger partial charge is 0.399 e. The number of fused-ring (bicyclic) bond motifs is 2. The average Bonchev–Trinajstić information content (AvgIpc) is 3.15. The van der Waals surface area contributed by atoms with Gasteiger partial charge in [0.1, 0.15) is 0 Å². The van der Waals surface area contributed by atoms with Crippen molar-refractivity contribution in [1.82, 2.24) is 0 Å². The van der Waals surface area contributed by atoms with Gasteiger partial charge >= 0.3 is 0 Å². The van der Waals surface area contributed by atoms with Gasteiger partial charge in [0.2, 0.25) is 0 Å². The van der Waals surface area contributed by atoms with Crippen LogP contribution in [0.3, 0.4) is 0 Å². The van der Waals surface area contributed by atoms with E-state index in [0.717, 1.165) is 23.0 Å². The molecule has 0 spiro atoms. The second-order valence-corrected chi connectivity index (χ2v) is 16.3. The van der Waals surface area contributed by atoms with Gasteiger partial charge in [-0.1, -0.05) is 45.0 Å². The van der Waals surface area contributed by atoms with Gasteiger partial charge in [0.05, 0.1) is 16.8 Å². The Bertz CT molecular complexity index is 1320. The fraction of sp³-hybridized carbons (Fsp3) is 0.231. The molecule has 4 nitrogen and oxygen atoms in total. The van der Waals surface area contributed by atoms with Gasteiger partial charge in [-0.2, -0.15) is 0 Å². The van der Waals surface area contributed by atoms with E-state index < -0.39 is 7.30 Å². The number of rotatable bonds is 3. The van der Waals surface area contributed by atoms with Crippen LogP contribution >= 0.6 is 25.2 Å². The molecule has 3 unspecified atom stereocenters. The maximum Gasteiger partial charge on any atom is 0.266 e. The zero-order valence-electron chi connectivity index (χ0n) is 18.9. The van der Waals surface area contributed by atoms with Crippen LogP contribution in [0.1, 0.15) is 64.6 Å². The predicted octanol–water partition coefficient (Wildman–Crippen LogP) is 5.74. The van der Waals surface area contributed by atoms with Crippen molar-refractivity contribution >= 4 is 53.6 Å². The number of nitrogens with zero attached hydrogens (tertiary/aromatic N) is 1. The number of hydrogen-bond acceptors (Lipinski definition) is 3. The molecule has 2 amide bonds. The third kappa shape index (κ3) is 3.47. The fourth-order valence-corrected chi connectivity index (χ4v) is 7.01. The van der Waals surface area contributed by atoms with Crippen LogP contribution in [0.5, 0.6) is 0 Å². The summed E-state index contributed by atoms with van der Waals surface area (Å²) in [6.07, 6.45) is 0.931. The number of carbonyl (C=O) groups is 2. The molecule has 33 heavy (non-hydrogen) atoms. The van der Waals surface area contributed by atoms with Crippen LogP contribution in [0, 0.1) is 0 Å². The molecule has 3 atom stereocenters. The first-order valence-corrected chi connectivity index (χ1v) is 15.4. The standard InChI is InChI=1S/C26H27N2O2P3/c1-25(2)14-26(3,15-4-6-16(27)7-5-15)22-12-17(8-11-21(22)25)28-23(29)19-10-9-18(33(31)32)13-20(19)24(28)30/h4-13H,14,27,31-32H2,1-3H3. The van der Waals surface area contributed by atoms with Crippen LogP contribution in [-0.2, 0) is 10.8 Å². The highest BCUT2D eigenvalue weighted by Gasteiger charge is 2.46. The molecule has 0 saturated carbocycles. The number of nitrogen functional groups attached to an aromatic ring is 1. The summed E-state index contributed by atoms with van der Waals surface area (Å²) < 4.78 is 0. The van der Waals surface area contributed by atoms with Crippen molar-refractivity contribution in [3.05, 3.63) is 88.5 Å². The Balaban J connectivity index is 1.62. The van der Waals surface area contributed by atoms with Gasteiger partial charge < -0.3 is 5.73 Å². The minimum atomic E-state index is -0.517. The smallest absolute Gasteiger partial charge is 0.266 e. The van der Waals surface area contributed by atoms with Crippen molar-refractivity contribution in [2.45, 2.75) is 38.0 Å². The van der Waals surface area contributed by atoms with Crippen molar-refractivity contribution in [2.24, 2.45) is 0 Å². The summed E-state index contributed by atoms with van der Waals surface area (Å²) in [4.78, 5) is 28.0. The highest BCUT2D eigenvalue weighted by molar-refractivity contribution is 8.46. The quantitative estimate of drug-likeness (QED) is 0.288. The first-order chi connectivity index (χ1) is 15.5. The molecule has 2 N–H and O–H groups in total. The van der Waals surface area contributed by atoms with Crippen LogP contribution < -0.4 is 15.9 Å². The SMILES string of the molecule is CC1(C)CC(C)(c2ccc(N)cc2)c2cc(N3C(=O)c4ccc(P(P)P)cc4C3=O)ccc21. The average molecular weight is 492 g/mol. The van der Waals surface area contributed by atoms with Gasteiger partial charge in [-0.25, -0.2) is 4.90 Å². The lowest BCUT2D eigenvalue weighted by molar-refractivity contribution is 0.0926. The Labute approximate surface area is 200 Å². The first-order valence-electron chi connectivity index (χ1n) is 10.9. The van der Waals surface area contributed by atoms with E-state index in [-0.39, 0.29) is 22.6 Å². The maximum absolute atomic E-state index is 13.4. The summed E-state index contributed by atoms with van der Waals surface area (Å²) >= 11 is 0. The Morgan fingerprint density at radius 3 is 2.18 bits per heavy atom. The van der Waals surface area contributed by atoms with E-state index in [0.29, 0.717) is 16.8 Å². The molecule has 168 valence electrons. The maximum atomic E-state index is 13.4. The highest BCUT2D eigenvalue weighted by Crippen LogP contribution is 2.54. The molecule has 5 rings (SSSR count). The lowest BCUT2D eigenvalue weighted by Gasteiger charge is -2.29. The minimum absolute atomic E-state index is 0.0321. The number of carbonyl (C=O) groups excluding carboxylic acids is 2. The lowest BCUT2D eigenvalue weighted by Crippen LogP contribution is -2.30. The zero-order chi connectivity index (χ0) is 23.7. The van der Waals surface area contributed by atoms with E-state index in [9.17, 15) is 9.59 Å². The molecule has 1 aliphatic heterocycles. The van der Waals surface area contributed by atoms with E-state index >= 15 is 0 Å². The minimum Gasteiger partial charge on any atom is -0.399 e. The van der Waals surface area contributed by atoms with Crippen LogP contribution in [-0.4, -0.2) is 11.8 Å². The van der Waals surface area contributed by atoms with E-state index in [1.54, 1.807) is 6.07 Å². The highest BCUT2D eigenvalue weighted by atomic mass is 32.4. The number of nitrogens with two attached hydrogens (primary N) is 1. The molecule has 0 saturated heterocycles. The Kier molecular flexibility index (Phi) is 5.30. The molecule has 0 radical (unpaired) electrons. The summed E-state index contributed by atoms with van der Waals surface area (Å²) in [6.45, 7) is 6.74. The van der Waals surface area contributed by atoms with E-state index in [2.05, 4.69) is 56.8 Å². The fourth-order valence-electron chi connectivity index (χ4n) is 5.52. The van der Waals surface area contributed by atoms with Crippen molar-refractivity contribution < 1.29 is 9.59 Å². The monoisotopic (exact) mass is 492 g/mol. The van der Waals surface area contributed by atoms with E-state index in [4.69, 9.17) is 5.73 Å². The molecular weight excluding hydrogens is 465 g/mol. The Hall–Kier alpha value is -2.11. The molecular formula is C26H27N2O2P3. The third-order valence-electron chi connectivity index (χ3n) is 7.10. The third-order valence-corrected chi connectivity index (χ3v) is 9.76. The molecule has 0 bridgehead atoms. The molecule has 0 fully saturated rings. The Morgan fingerprint density at radius 2 is 1.52 bits per heavy atom. The Morgan fingerprint density at radius 1 is 0.848 bits per heavy atom. The molecule has 3 aromatic carbocycles. The molecule has 0 aromatic heterocycles. The molecule has 2 aliphatic rings. The van der Waals surface area contributed by atoms with Crippen molar-refractivity contribution in [3.8, 4) is 0 Å². The summed E-state index contributed by atoms with van der Waals surface area (Å²) in [7, 11) is 5.01. The van der Waals surface area contributed by atoms with Crippen molar-refractivity contribution in [2.75, 3.05) is 10.6 Å². The van der Waals surface area contributed by atoms with Gasteiger partial charge in [-0.15, -0.1) is 17.9 Å². The van der Waals surface area contributed by atoms with Crippen LogP contribution in [0.2, 0.25) is 0 Å². The van der Waals surface area contributed by atoms with Crippen LogP contribution in [0.25, 0.3) is 0 Å². The van der Waals surface area contributed by atoms with Gasteiger partial charge in [-0.05, 0) is 77.5 Å². The zero-order valence-corrected chi connectivity index (χ0v) is 22.1. The number of imide groups is 1. The van der Waals surface area contributed by atoms with Gasteiger partial charge in [0, 0.05) is 11.1 Å². The second kappa shape index (κ2) is 7.71. The molecule has 3 aromatic rings. The molecule has 7 heteroatoms. The number of hydrogen-bond donors (Lipinski definition) is 1. The van der Waals surface area contributed by atoms with Crippen molar-refractivity contribution in [1.29, 1.82) is 0 Å². The van der Waals surface area contributed by atoms with Crippen LogP contribution in [0.4, 0.5) is 11.4 Å². The van der Waals surface area contributed by atoms with E-state index in [1.807, 2.05) is 36.4 Å². The normalized spacial score (nSPS) is 21.0. The van der Waals surface area contributed by atoms with Crippen LogP contribution in [0.15, 0.2) is 60.7 Å². The van der Waals surface area contributed by atoms with Gasteiger partial charge in [-0.3, -0.25) is 9.59 Å². The predicted molar refractivity (Wildman–Crippen MR) is 145 cm³/mol. The van der Waals surface area contributed by atoms with Crippen molar-refractivity contribution in [3.63, 3.8) is 0 Å². The topological polar surface area (TPSA) is 63.4 Å². The van der Waals surface area contributed by atoms with Gasteiger partial charge in [0.15, 0.2) is 0 Å². The summed E-state index contributed by atoms with van der Waals surface area (Å²) in [5.41, 5.74) is 11.6. The second-order valence-electron chi connectivity index (χ2n) is 9.83. The first kappa shape index (κ1) is 22.7. The van der Waals surface area contributed by atoms with Gasteiger partial charge in [0.25, 0.3) is 11.8 Å². The summed E-state index contributed by atoms with van der Waals surface area (Å²) in [5.74, 6) is -0.514. The number of anilines is 2.